The highest BCUT2D eigenvalue weighted by Gasteiger charge is 2.49. The zero-order chi connectivity index (χ0) is 21.0. The van der Waals surface area contributed by atoms with Gasteiger partial charge in [-0.2, -0.15) is 0 Å². The van der Waals surface area contributed by atoms with Gasteiger partial charge in [0.2, 0.25) is 0 Å². The van der Waals surface area contributed by atoms with Crippen LogP contribution < -0.4 is 0 Å². The van der Waals surface area contributed by atoms with Gasteiger partial charge in [-0.15, -0.1) is 5.10 Å². The highest BCUT2D eigenvalue weighted by Crippen LogP contribution is 2.45. The summed E-state index contributed by atoms with van der Waals surface area (Å²) in [6.45, 7) is 7.09. The van der Waals surface area contributed by atoms with Crippen molar-refractivity contribution in [2.45, 2.75) is 70.0 Å². The zero-order valence-electron chi connectivity index (χ0n) is 17.5. The predicted molar refractivity (Wildman–Crippen MR) is 124 cm³/mol. The molecule has 1 fully saturated rings. The van der Waals surface area contributed by atoms with Gasteiger partial charge in [0.1, 0.15) is 0 Å². The molecule has 0 unspecified atom stereocenters. The zero-order valence-corrected chi connectivity index (χ0v) is 20.6. The fraction of sp³-hybridized carbons (Fsp3) is 0.619. The number of benzene rings is 1. The predicted octanol–water partition coefficient (Wildman–Crippen LogP) is 3.41. The highest BCUT2D eigenvalue weighted by molar-refractivity contribution is 14.1. The van der Waals surface area contributed by atoms with E-state index in [0.29, 0.717) is 18.9 Å². The molecule has 1 aromatic carbocycles. The van der Waals surface area contributed by atoms with E-state index in [2.05, 4.69) is 64.1 Å². The molecule has 2 heterocycles. The number of hydrogen-bond acceptors (Lipinski definition) is 5. The molecule has 29 heavy (non-hydrogen) atoms. The van der Waals surface area contributed by atoms with Crippen LogP contribution in [0.25, 0.3) is 0 Å². The third kappa shape index (κ3) is 6.10. The Bertz CT molecular complexity index is 778. The maximum absolute atomic E-state index is 11.0. The van der Waals surface area contributed by atoms with E-state index in [4.69, 9.17) is 9.84 Å². The van der Waals surface area contributed by atoms with E-state index in [-0.39, 0.29) is 24.4 Å². The molecule has 2 N–H and O–H groups in total. The molecule has 0 spiro atoms. The van der Waals surface area contributed by atoms with Crippen LogP contribution in [0.1, 0.15) is 31.0 Å². The van der Waals surface area contributed by atoms with Crippen molar-refractivity contribution < 1.29 is 14.6 Å². The number of aromatic nitrogens is 3. The number of hydrogen-bond donors (Lipinski definition) is 2. The lowest BCUT2D eigenvalue weighted by molar-refractivity contribution is 0.0245. The number of ether oxygens (including phenoxy) is 1. The minimum absolute atomic E-state index is 0.0453. The first kappa shape index (κ1) is 22.9. The van der Waals surface area contributed by atoms with Gasteiger partial charge in [-0.3, -0.25) is 4.68 Å². The van der Waals surface area contributed by atoms with E-state index < -0.39 is 8.32 Å². The van der Waals surface area contributed by atoms with Crippen molar-refractivity contribution in [3.63, 3.8) is 0 Å². The summed E-state index contributed by atoms with van der Waals surface area (Å²) in [5.74, 6) is 0.344. The number of rotatable bonds is 9. The number of halogens is 1. The van der Waals surface area contributed by atoms with E-state index >= 15 is 0 Å². The van der Waals surface area contributed by atoms with Gasteiger partial charge in [-0.05, 0) is 78.6 Å². The van der Waals surface area contributed by atoms with Crippen molar-refractivity contribution in [3.8, 4) is 0 Å². The maximum Gasteiger partial charge on any atom is 0.188 e. The SMILES string of the molecule is C[C@@H]1[C@@H]([Si](C)(C)O)[C@H](CCn2cc(CCO)nn2)O[C@@H]1CCc1ccc(I)cc1. The van der Waals surface area contributed by atoms with E-state index in [1.54, 1.807) is 0 Å². The smallest absolute Gasteiger partial charge is 0.188 e. The van der Waals surface area contributed by atoms with Crippen molar-refractivity contribution in [1.82, 2.24) is 15.0 Å². The lowest BCUT2D eigenvalue weighted by atomic mass is 9.95. The molecule has 0 amide bonds. The minimum Gasteiger partial charge on any atom is -0.432 e. The quantitative estimate of drug-likeness (QED) is 0.385. The first-order chi connectivity index (χ1) is 13.8. The van der Waals surface area contributed by atoms with Crippen molar-refractivity contribution in [3.05, 3.63) is 45.3 Å². The molecule has 0 radical (unpaired) electrons. The van der Waals surface area contributed by atoms with Crippen LogP contribution >= 0.6 is 22.6 Å². The number of nitrogens with zero attached hydrogens (tertiary/aromatic N) is 3. The molecule has 1 aliphatic heterocycles. The van der Waals surface area contributed by atoms with E-state index in [0.717, 1.165) is 25.0 Å². The van der Waals surface area contributed by atoms with Gasteiger partial charge in [0, 0.05) is 34.9 Å². The van der Waals surface area contributed by atoms with Crippen LogP contribution in [0.2, 0.25) is 18.6 Å². The largest absolute Gasteiger partial charge is 0.432 e. The Morgan fingerprint density at radius 3 is 2.52 bits per heavy atom. The Morgan fingerprint density at radius 2 is 1.86 bits per heavy atom. The summed E-state index contributed by atoms with van der Waals surface area (Å²) in [5.41, 5.74) is 2.35. The lowest BCUT2D eigenvalue weighted by Crippen LogP contribution is -2.40. The lowest BCUT2D eigenvalue weighted by Gasteiger charge is -2.30. The molecule has 1 aliphatic rings. The molecule has 6 nitrogen and oxygen atoms in total. The topological polar surface area (TPSA) is 80.4 Å². The van der Waals surface area contributed by atoms with Gasteiger partial charge in [-0.1, -0.05) is 24.3 Å². The Morgan fingerprint density at radius 1 is 1.14 bits per heavy atom. The van der Waals surface area contributed by atoms with Gasteiger partial charge >= 0.3 is 0 Å². The minimum atomic E-state index is -2.36. The molecule has 0 bridgehead atoms. The van der Waals surface area contributed by atoms with Crippen molar-refractivity contribution in [1.29, 1.82) is 0 Å². The van der Waals surface area contributed by atoms with Gasteiger partial charge in [0.15, 0.2) is 8.32 Å². The number of aryl methyl sites for hydroxylation is 2. The van der Waals surface area contributed by atoms with Crippen LogP contribution in [0.4, 0.5) is 0 Å². The third-order valence-corrected chi connectivity index (χ3v) is 9.19. The molecule has 4 atom stereocenters. The monoisotopic (exact) mass is 529 g/mol. The molecular weight excluding hydrogens is 497 g/mol. The third-order valence-electron chi connectivity index (χ3n) is 5.95. The molecule has 1 aromatic heterocycles. The van der Waals surface area contributed by atoms with Crippen LogP contribution in [0.3, 0.4) is 0 Å². The van der Waals surface area contributed by atoms with Crippen LogP contribution in [0.15, 0.2) is 30.5 Å². The Balaban J connectivity index is 1.62. The van der Waals surface area contributed by atoms with Crippen molar-refractivity contribution >= 4 is 30.9 Å². The molecule has 8 heteroatoms. The normalized spacial score (nSPS) is 24.9. The average molecular weight is 529 g/mol. The summed E-state index contributed by atoms with van der Waals surface area (Å²) in [4.78, 5) is 11.0. The van der Waals surface area contributed by atoms with Crippen molar-refractivity contribution in [2.75, 3.05) is 6.61 Å². The summed E-state index contributed by atoms with van der Waals surface area (Å²) < 4.78 is 9.58. The molecular formula is C21H32IN3O3Si. The molecule has 2 aromatic rings. The number of aliphatic hydroxyl groups excluding tert-OH is 1. The van der Waals surface area contributed by atoms with Gasteiger partial charge in [-0.25, -0.2) is 0 Å². The second kappa shape index (κ2) is 10.00. The van der Waals surface area contributed by atoms with Crippen LogP contribution in [-0.2, 0) is 24.1 Å². The van der Waals surface area contributed by atoms with Gasteiger partial charge < -0.3 is 14.6 Å². The van der Waals surface area contributed by atoms with E-state index in [1.807, 2.05) is 24.0 Å². The summed E-state index contributed by atoms with van der Waals surface area (Å²) >= 11 is 2.33. The fourth-order valence-corrected chi connectivity index (χ4v) is 7.59. The standard InChI is InChI=1S/C21H32IN3O3Si/c1-15-19(9-6-16-4-7-17(22)8-5-16)28-20(21(15)29(2,3)27)10-12-25-14-18(11-13-26)23-24-25/h4-5,7-8,14-15,19-21,26-27H,6,9-13H2,1-3H3/t15-,19+,20-,21+/m0/s1. The maximum atomic E-state index is 11.0. The highest BCUT2D eigenvalue weighted by atomic mass is 127. The van der Waals surface area contributed by atoms with Crippen LogP contribution in [0, 0.1) is 9.49 Å². The molecule has 1 saturated heterocycles. The summed E-state index contributed by atoms with van der Waals surface area (Å²) in [6, 6.07) is 8.67. The van der Waals surface area contributed by atoms with Gasteiger partial charge in [0.25, 0.3) is 0 Å². The Hall–Kier alpha value is -0.813. The van der Waals surface area contributed by atoms with Crippen LogP contribution in [-0.4, -0.2) is 52.0 Å². The first-order valence-corrected chi connectivity index (χ1v) is 14.5. The fourth-order valence-electron chi connectivity index (χ4n) is 4.58. The summed E-state index contributed by atoms with van der Waals surface area (Å²) in [6.07, 6.45) is 5.41. The van der Waals surface area contributed by atoms with E-state index in [9.17, 15) is 4.80 Å². The summed E-state index contributed by atoms with van der Waals surface area (Å²) in [5, 5.41) is 17.3. The summed E-state index contributed by atoms with van der Waals surface area (Å²) in [7, 11) is -2.36. The van der Waals surface area contributed by atoms with Gasteiger partial charge in [0.05, 0.1) is 17.9 Å². The molecule has 0 saturated carbocycles. The van der Waals surface area contributed by atoms with Crippen molar-refractivity contribution in [2.24, 2.45) is 5.92 Å². The van der Waals surface area contributed by atoms with Crippen LogP contribution in [0.5, 0.6) is 0 Å². The number of aliphatic hydroxyl groups is 1. The first-order valence-electron chi connectivity index (χ1n) is 10.4. The molecule has 160 valence electrons. The second-order valence-corrected chi connectivity index (χ2v) is 13.9. The Kier molecular flexibility index (Phi) is 7.88. The average Bonchev–Trinajstić information content (AvgIpc) is 3.23. The van der Waals surface area contributed by atoms with E-state index in [1.165, 1.54) is 9.13 Å². The second-order valence-electron chi connectivity index (χ2n) is 8.65. The molecule has 3 rings (SSSR count). The Labute approximate surface area is 187 Å². The molecule has 0 aliphatic carbocycles.